The zero-order valence-electron chi connectivity index (χ0n) is 37.7. The van der Waals surface area contributed by atoms with Crippen molar-refractivity contribution in [2.75, 3.05) is 5.32 Å². The Bertz CT molecular complexity index is 3830. The molecule has 3 nitrogen and oxygen atoms in total. The molecular formula is C59H49BN2OS. The molecule has 11 aromatic rings. The predicted octanol–water partition coefficient (Wildman–Crippen LogP) is 15.1. The van der Waals surface area contributed by atoms with Crippen molar-refractivity contribution < 1.29 is 4.42 Å². The summed E-state index contributed by atoms with van der Waals surface area (Å²) in [6, 6.07) is 53.1. The zero-order valence-corrected chi connectivity index (χ0v) is 38.6. The number of rotatable bonds is 3. The van der Waals surface area contributed by atoms with Gasteiger partial charge in [-0.2, -0.15) is 0 Å². The maximum Gasteiger partial charge on any atom is 0.198 e. The summed E-state index contributed by atoms with van der Waals surface area (Å²) in [4.78, 5) is 0. The van der Waals surface area contributed by atoms with Crippen LogP contribution in [0.2, 0.25) is 0 Å². The molecular weight excluding hydrogens is 796 g/mol. The Hall–Kier alpha value is -6.56. The van der Waals surface area contributed by atoms with Gasteiger partial charge in [0.15, 0.2) is 7.28 Å². The summed E-state index contributed by atoms with van der Waals surface area (Å²) in [7, 11) is 0.826. The van der Waals surface area contributed by atoms with E-state index in [1.807, 2.05) is 11.3 Å². The van der Waals surface area contributed by atoms with Gasteiger partial charge in [0.25, 0.3) is 0 Å². The Morgan fingerprint density at radius 2 is 1.30 bits per heavy atom. The van der Waals surface area contributed by atoms with E-state index >= 15 is 0 Å². The highest BCUT2D eigenvalue weighted by molar-refractivity contribution is 7.25. The van der Waals surface area contributed by atoms with Gasteiger partial charge in [-0.15, -0.1) is 11.3 Å². The first-order valence-electron chi connectivity index (χ1n) is 22.8. The van der Waals surface area contributed by atoms with Crippen LogP contribution in [0.1, 0.15) is 77.6 Å². The fraction of sp³-hybridized carbons (Fsp3) is 0.186. The maximum atomic E-state index is 6.56. The van der Waals surface area contributed by atoms with Crippen molar-refractivity contribution >= 4 is 105 Å². The monoisotopic (exact) mass is 844 g/mol. The standard InChI is InChI=1S/C59H49BN2OS/c1-57(2,3)32-17-20-34(21-18-32)61-48-27-44-43-25-33(58(4,5)6)19-24-53(43)64-54(44)30-40(48)37-22-23-38-41-29-52-42(36-14-10-12-16-51(36)63-52)28-49(41)62-50-31-46-39(26-47(50)60-55(37)56(38)62)35-13-9-11-15-45(35)59(46,7)8/h9-31,60-61H,1-8H3. The molecule has 0 fully saturated rings. The highest BCUT2D eigenvalue weighted by atomic mass is 32.1. The van der Waals surface area contributed by atoms with Crippen LogP contribution in [0.4, 0.5) is 11.4 Å². The summed E-state index contributed by atoms with van der Waals surface area (Å²) < 4.78 is 11.8. The first kappa shape index (κ1) is 38.0. The Morgan fingerprint density at radius 1 is 0.547 bits per heavy atom. The summed E-state index contributed by atoms with van der Waals surface area (Å²) in [6.45, 7) is 18.5. The Morgan fingerprint density at radius 3 is 2.11 bits per heavy atom. The topological polar surface area (TPSA) is 30.1 Å². The minimum Gasteiger partial charge on any atom is -0.456 e. The van der Waals surface area contributed by atoms with E-state index in [9.17, 15) is 0 Å². The molecule has 1 aliphatic heterocycles. The van der Waals surface area contributed by atoms with E-state index in [0.29, 0.717) is 0 Å². The van der Waals surface area contributed by atoms with Crippen LogP contribution in [0, 0.1) is 0 Å². The van der Waals surface area contributed by atoms with Crippen molar-refractivity contribution in [3.63, 3.8) is 0 Å². The molecule has 0 radical (unpaired) electrons. The van der Waals surface area contributed by atoms with E-state index in [-0.39, 0.29) is 16.2 Å². The fourth-order valence-corrected chi connectivity index (χ4v) is 12.3. The normalized spacial score (nSPS) is 14.2. The third-order valence-electron chi connectivity index (χ3n) is 14.7. The van der Waals surface area contributed by atoms with Gasteiger partial charge >= 0.3 is 0 Å². The lowest BCUT2D eigenvalue weighted by molar-refractivity contribution is 0.590. The van der Waals surface area contributed by atoms with Crippen LogP contribution in [0.15, 0.2) is 144 Å². The summed E-state index contributed by atoms with van der Waals surface area (Å²) in [5.74, 6) is 0. The van der Waals surface area contributed by atoms with E-state index in [2.05, 4.69) is 205 Å². The smallest absolute Gasteiger partial charge is 0.198 e. The number of furan rings is 1. The molecule has 1 aliphatic carbocycles. The summed E-state index contributed by atoms with van der Waals surface area (Å²) in [6.07, 6.45) is 0. The number of nitrogens with zero attached hydrogens (tertiary/aromatic N) is 1. The predicted molar refractivity (Wildman–Crippen MR) is 277 cm³/mol. The molecule has 0 atom stereocenters. The van der Waals surface area contributed by atoms with Gasteiger partial charge in [-0.05, 0) is 116 Å². The minimum absolute atomic E-state index is 0.0543. The van der Waals surface area contributed by atoms with Crippen molar-refractivity contribution in [1.82, 2.24) is 4.57 Å². The van der Waals surface area contributed by atoms with Gasteiger partial charge in [0.2, 0.25) is 0 Å². The lowest BCUT2D eigenvalue weighted by Gasteiger charge is -2.27. The van der Waals surface area contributed by atoms with Crippen LogP contribution < -0.4 is 16.2 Å². The van der Waals surface area contributed by atoms with Crippen LogP contribution >= 0.6 is 11.3 Å². The maximum absolute atomic E-state index is 6.56. The second-order valence-electron chi connectivity index (χ2n) is 21.1. The minimum atomic E-state index is -0.113. The molecule has 0 bridgehead atoms. The first-order chi connectivity index (χ1) is 30.7. The SMILES string of the molecule is CC(C)(C)c1ccc(Nc2cc3c(cc2-c2ccc4c5cc6oc7ccccc7c6cc5n5c4c2Bc2cc4c(cc2-5)C(C)(C)c2ccccc2-4)sc2ccc(C(C)(C)C)cc23)cc1. The number of benzene rings is 8. The van der Waals surface area contributed by atoms with Gasteiger partial charge in [-0.3, -0.25) is 0 Å². The molecule has 0 saturated heterocycles. The molecule has 2 aliphatic rings. The summed E-state index contributed by atoms with van der Waals surface area (Å²) >= 11 is 1.90. The molecule has 8 aromatic carbocycles. The number of anilines is 2. The highest BCUT2D eigenvalue weighted by Crippen LogP contribution is 2.50. The van der Waals surface area contributed by atoms with Crippen molar-refractivity contribution in [1.29, 1.82) is 0 Å². The third kappa shape index (κ3) is 5.34. The van der Waals surface area contributed by atoms with Gasteiger partial charge in [-0.25, -0.2) is 0 Å². The number of fused-ring (bicyclic) bond motifs is 14. The van der Waals surface area contributed by atoms with Gasteiger partial charge in [0.05, 0.1) is 5.52 Å². The molecule has 0 saturated carbocycles. The molecule has 0 unspecified atom stereocenters. The summed E-state index contributed by atoms with van der Waals surface area (Å²) in [5.41, 5.74) is 21.2. The van der Waals surface area contributed by atoms with Crippen molar-refractivity contribution in [2.24, 2.45) is 0 Å². The van der Waals surface area contributed by atoms with Crippen LogP contribution in [0.3, 0.4) is 0 Å². The molecule has 13 rings (SSSR count). The molecule has 64 heavy (non-hydrogen) atoms. The Balaban J connectivity index is 1.10. The van der Waals surface area contributed by atoms with E-state index in [0.717, 1.165) is 40.6 Å². The number of para-hydroxylation sites is 1. The van der Waals surface area contributed by atoms with Crippen molar-refractivity contribution in [3.8, 4) is 27.9 Å². The Kier molecular flexibility index (Phi) is 7.59. The molecule has 4 heterocycles. The second-order valence-corrected chi connectivity index (χ2v) is 22.2. The van der Waals surface area contributed by atoms with Crippen molar-refractivity contribution in [2.45, 2.75) is 71.6 Å². The fourth-order valence-electron chi connectivity index (χ4n) is 11.2. The van der Waals surface area contributed by atoms with Gasteiger partial charge in [0.1, 0.15) is 11.2 Å². The number of aromatic nitrogens is 1. The van der Waals surface area contributed by atoms with E-state index in [1.165, 1.54) is 103 Å². The molecule has 3 aromatic heterocycles. The second kappa shape index (κ2) is 12.8. The number of hydrogen-bond donors (Lipinski definition) is 1. The average molecular weight is 845 g/mol. The van der Waals surface area contributed by atoms with Gasteiger partial charge in [-0.1, -0.05) is 140 Å². The van der Waals surface area contributed by atoms with Crippen LogP contribution in [-0.2, 0) is 16.2 Å². The molecule has 0 spiro atoms. The van der Waals surface area contributed by atoms with E-state index < -0.39 is 0 Å². The van der Waals surface area contributed by atoms with Gasteiger partial charge < -0.3 is 14.3 Å². The molecule has 1 N–H and O–H groups in total. The van der Waals surface area contributed by atoms with Crippen molar-refractivity contribution in [3.05, 3.63) is 162 Å². The number of nitrogens with one attached hydrogen (secondary N) is 1. The zero-order chi connectivity index (χ0) is 43.6. The molecule has 5 heteroatoms. The highest BCUT2D eigenvalue weighted by Gasteiger charge is 2.38. The largest absolute Gasteiger partial charge is 0.456 e. The average Bonchev–Trinajstić information content (AvgIpc) is 3.98. The molecule has 0 amide bonds. The first-order valence-corrected chi connectivity index (χ1v) is 23.6. The Labute approximate surface area is 378 Å². The van der Waals surface area contributed by atoms with E-state index in [4.69, 9.17) is 4.42 Å². The number of hydrogen-bond acceptors (Lipinski definition) is 3. The third-order valence-corrected chi connectivity index (χ3v) is 15.9. The molecule has 310 valence electrons. The van der Waals surface area contributed by atoms with Crippen LogP contribution in [0.5, 0.6) is 0 Å². The van der Waals surface area contributed by atoms with Gasteiger partial charge in [0, 0.05) is 75.3 Å². The van der Waals surface area contributed by atoms with E-state index in [1.54, 1.807) is 0 Å². The number of thiophene rings is 1. The van der Waals surface area contributed by atoms with Crippen LogP contribution in [-0.4, -0.2) is 11.8 Å². The van der Waals surface area contributed by atoms with Crippen LogP contribution in [0.25, 0.3) is 91.9 Å². The summed E-state index contributed by atoms with van der Waals surface area (Å²) in [5, 5.41) is 11.4. The lowest BCUT2D eigenvalue weighted by atomic mass is 9.58. The quantitative estimate of drug-likeness (QED) is 0.180. The lowest BCUT2D eigenvalue weighted by Crippen LogP contribution is -2.37.